The molecular weight excluding hydrogens is 560 g/mol. The van der Waals surface area contributed by atoms with Crippen LogP contribution in [0.15, 0.2) is 117 Å². The van der Waals surface area contributed by atoms with Crippen molar-refractivity contribution in [2.24, 2.45) is 0 Å². The van der Waals surface area contributed by atoms with Gasteiger partial charge >= 0.3 is 15.7 Å². The number of benzene rings is 4. The Kier molecular flexibility index (Phi) is 7.17. The molecule has 0 fully saturated rings. The van der Waals surface area contributed by atoms with Crippen LogP contribution in [0.2, 0.25) is 0 Å². The lowest BCUT2D eigenvalue weighted by Gasteiger charge is -2.25. The maximum Gasteiger partial charge on any atom is 0.361 e. The lowest BCUT2D eigenvalue weighted by molar-refractivity contribution is -0.385. The first-order valence-electron chi connectivity index (χ1n) is 11.4. The van der Waals surface area contributed by atoms with Crippen molar-refractivity contribution in [3.63, 3.8) is 0 Å². The number of anilines is 2. The van der Waals surface area contributed by atoms with Gasteiger partial charge in [-0.25, -0.2) is 4.79 Å². The minimum Gasteiger partial charge on any atom is -0.755 e. The number of hydrogen-bond donors (Lipinski definition) is 0. The van der Waals surface area contributed by atoms with Crippen LogP contribution in [0.4, 0.5) is 17.1 Å². The van der Waals surface area contributed by atoms with E-state index in [0.29, 0.717) is 0 Å². The monoisotopic (exact) mass is 577 g/mol. The lowest BCUT2D eigenvalue weighted by Crippen LogP contribution is -2.25. The molecule has 0 N–H and O–H groups in total. The van der Waals surface area contributed by atoms with Crippen LogP contribution < -0.4 is 14.1 Å². The van der Waals surface area contributed by atoms with E-state index < -0.39 is 42.5 Å². The minimum atomic E-state index is -4.56. The molecular formula is C27H17N2O9S2-. The molecule has 0 saturated carbocycles. The number of nitro groups is 1. The van der Waals surface area contributed by atoms with Crippen molar-refractivity contribution in [1.82, 2.24) is 0 Å². The summed E-state index contributed by atoms with van der Waals surface area (Å²) in [5.41, 5.74) is -0.220. The molecule has 1 aromatic heterocycles. The molecule has 202 valence electrons. The highest BCUT2D eigenvalue weighted by molar-refractivity contribution is 7.87. The highest BCUT2D eigenvalue weighted by atomic mass is 32.2. The van der Waals surface area contributed by atoms with Gasteiger partial charge in [0.1, 0.15) is 10.6 Å². The molecule has 11 nitrogen and oxygen atoms in total. The van der Waals surface area contributed by atoms with Gasteiger partial charge in [0.25, 0.3) is 5.69 Å². The molecule has 0 aliphatic rings. The predicted molar refractivity (Wildman–Crippen MR) is 146 cm³/mol. The normalized spacial score (nSPS) is 12.1. The van der Waals surface area contributed by atoms with Gasteiger partial charge in [-0.3, -0.25) is 18.6 Å². The molecule has 1 heterocycles. The summed E-state index contributed by atoms with van der Waals surface area (Å²) in [5, 5.41) is 11.2. The summed E-state index contributed by atoms with van der Waals surface area (Å²) in [5.74, 6) is -0.366. The van der Waals surface area contributed by atoms with Crippen molar-refractivity contribution in [3.05, 3.63) is 124 Å². The molecule has 13 heteroatoms. The van der Waals surface area contributed by atoms with Gasteiger partial charge in [0.2, 0.25) is 0 Å². The van der Waals surface area contributed by atoms with Gasteiger partial charge in [-0.15, -0.1) is 0 Å². The van der Waals surface area contributed by atoms with Crippen LogP contribution in [0, 0.1) is 10.1 Å². The van der Waals surface area contributed by atoms with E-state index in [1.165, 1.54) is 42.5 Å². The summed E-state index contributed by atoms with van der Waals surface area (Å²) >= 11 is -2.92. The van der Waals surface area contributed by atoms with Crippen LogP contribution in [-0.4, -0.2) is 22.1 Å². The van der Waals surface area contributed by atoms with Gasteiger partial charge in [0, 0.05) is 17.5 Å². The summed E-state index contributed by atoms with van der Waals surface area (Å²) in [7, 11) is -4.56. The Bertz CT molecular complexity index is 1920. The van der Waals surface area contributed by atoms with Crippen LogP contribution in [0.1, 0.15) is 0 Å². The zero-order valence-corrected chi connectivity index (χ0v) is 21.8. The maximum absolute atomic E-state index is 13.0. The maximum atomic E-state index is 13.0. The van der Waals surface area contributed by atoms with Gasteiger partial charge in [-0.05, 0) is 41.5 Å². The molecule has 5 aromatic rings. The van der Waals surface area contributed by atoms with Crippen molar-refractivity contribution in [2.75, 3.05) is 4.31 Å². The first-order valence-corrected chi connectivity index (χ1v) is 13.9. The topological polar surface area (TPSA) is 160 Å². The van der Waals surface area contributed by atoms with Gasteiger partial charge in [-0.1, -0.05) is 60.7 Å². The number of nitro benzene ring substituents is 1. The average Bonchev–Trinajstić information content (AvgIpc) is 2.94. The summed E-state index contributed by atoms with van der Waals surface area (Å²) in [6.07, 6.45) is 0. The Morgan fingerprint density at radius 2 is 1.52 bits per heavy atom. The fourth-order valence-corrected chi connectivity index (χ4v) is 5.51. The van der Waals surface area contributed by atoms with Crippen molar-refractivity contribution >= 4 is 49.4 Å². The molecule has 1 atom stereocenters. The van der Waals surface area contributed by atoms with Crippen LogP contribution in [0.3, 0.4) is 0 Å². The SMILES string of the molecule is O=c1oc2c(OS(=O)(=O)c3cccc([N+](=O)[O-])c3)cccc2cc1N(c1ccc(-c2ccccc2)cc1)S(=O)[O-]. The number of rotatable bonds is 8. The van der Waals surface area contributed by atoms with E-state index in [-0.39, 0.29) is 28.1 Å². The molecule has 1 unspecified atom stereocenters. The highest BCUT2D eigenvalue weighted by Crippen LogP contribution is 2.33. The van der Waals surface area contributed by atoms with E-state index in [1.54, 1.807) is 12.1 Å². The third kappa shape index (κ3) is 5.33. The molecule has 0 aliphatic heterocycles. The van der Waals surface area contributed by atoms with Crippen LogP contribution in [0.5, 0.6) is 5.75 Å². The first kappa shape index (κ1) is 26.7. The molecule has 0 radical (unpaired) electrons. The van der Waals surface area contributed by atoms with Gasteiger partial charge in [-0.2, -0.15) is 8.42 Å². The third-order valence-electron chi connectivity index (χ3n) is 5.80. The van der Waals surface area contributed by atoms with E-state index in [4.69, 9.17) is 8.60 Å². The smallest absolute Gasteiger partial charge is 0.361 e. The minimum absolute atomic E-state index is 0.165. The molecule has 0 saturated heterocycles. The third-order valence-corrected chi connectivity index (χ3v) is 7.73. The Balaban J connectivity index is 1.52. The van der Waals surface area contributed by atoms with E-state index in [0.717, 1.165) is 33.6 Å². The second-order valence-electron chi connectivity index (χ2n) is 8.31. The van der Waals surface area contributed by atoms with E-state index in [2.05, 4.69) is 0 Å². The zero-order chi connectivity index (χ0) is 28.4. The van der Waals surface area contributed by atoms with E-state index in [9.17, 15) is 32.1 Å². The fraction of sp³-hybridized carbons (Fsp3) is 0. The Morgan fingerprint density at radius 3 is 2.20 bits per heavy atom. The zero-order valence-electron chi connectivity index (χ0n) is 20.2. The Labute approximate surface area is 229 Å². The largest absolute Gasteiger partial charge is 0.755 e. The van der Waals surface area contributed by atoms with Crippen molar-refractivity contribution < 1.29 is 30.7 Å². The number of non-ortho nitro benzene ring substituents is 1. The van der Waals surface area contributed by atoms with Gasteiger partial charge < -0.3 is 13.2 Å². The number of nitrogens with zero attached hydrogens (tertiary/aromatic N) is 2. The lowest BCUT2D eigenvalue weighted by atomic mass is 10.1. The number of fused-ring (bicyclic) bond motifs is 1. The van der Waals surface area contributed by atoms with E-state index in [1.807, 2.05) is 30.3 Å². The first-order chi connectivity index (χ1) is 19.1. The van der Waals surface area contributed by atoms with Crippen LogP contribution >= 0.6 is 0 Å². The summed E-state index contributed by atoms with van der Waals surface area (Å²) in [4.78, 5) is 22.8. The molecule has 0 spiro atoms. The molecule has 5 rings (SSSR count). The van der Waals surface area contributed by atoms with Gasteiger partial charge in [0.05, 0.1) is 21.9 Å². The quantitative estimate of drug-likeness (QED) is 0.0806. The van der Waals surface area contributed by atoms with Crippen molar-refractivity contribution in [3.8, 4) is 16.9 Å². The molecule has 0 amide bonds. The van der Waals surface area contributed by atoms with Crippen LogP contribution in [0.25, 0.3) is 22.1 Å². The summed E-state index contributed by atoms with van der Waals surface area (Å²) in [6, 6.07) is 25.5. The number of hydrogen-bond acceptors (Lipinski definition) is 9. The average molecular weight is 578 g/mol. The summed E-state index contributed by atoms with van der Waals surface area (Å²) in [6.45, 7) is 0. The second kappa shape index (κ2) is 10.7. The van der Waals surface area contributed by atoms with Crippen molar-refractivity contribution in [1.29, 1.82) is 0 Å². The molecule has 40 heavy (non-hydrogen) atoms. The Morgan fingerprint density at radius 1 is 0.850 bits per heavy atom. The van der Waals surface area contributed by atoms with Crippen molar-refractivity contribution in [2.45, 2.75) is 4.90 Å². The predicted octanol–water partition coefficient (Wildman–Crippen LogP) is 5.07. The summed E-state index contributed by atoms with van der Waals surface area (Å²) < 4.78 is 61.4. The van der Waals surface area contributed by atoms with E-state index >= 15 is 0 Å². The van der Waals surface area contributed by atoms with Gasteiger partial charge in [0.15, 0.2) is 11.3 Å². The number of para-hydroxylation sites is 1. The molecule has 0 bridgehead atoms. The molecule has 4 aromatic carbocycles. The highest BCUT2D eigenvalue weighted by Gasteiger charge is 2.23. The molecule has 0 aliphatic carbocycles. The fourth-order valence-electron chi connectivity index (χ4n) is 3.96. The van der Waals surface area contributed by atoms with Crippen LogP contribution in [-0.2, 0) is 21.4 Å². The second-order valence-corrected chi connectivity index (χ2v) is 10.7. The Hall–Kier alpha value is -4.85. The standard InChI is InChI=1S/C27H18N2O9S2/c30-27-24(28(39(33)34)21-14-12-19(13-15-21)18-6-2-1-3-7-18)16-20-8-4-11-25(26(20)37-27)38-40(35,36)23-10-5-9-22(17-23)29(31)32/h1-17H,(H,33,34)/p-1.